The number of aromatic hydroxyl groups is 1. The van der Waals surface area contributed by atoms with E-state index in [2.05, 4.69) is 36.5 Å². The van der Waals surface area contributed by atoms with E-state index in [1.807, 2.05) is 29.2 Å². The first-order valence-electron chi connectivity index (χ1n) is 12.6. The molecule has 37 heavy (non-hydrogen) atoms. The molecule has 1 saturated heterocycles. The van der Waals surface area contributed by atoms with E-state index >= 15 is 0 Å². The van der Waals surface area contributed by atoms with Crippen LogP contribution in [0, 0.1) is 12.3 Å². The second-order valence-electron chi connectivity index (χ2n) is 9.99. The monoisotopic (exact) mass is 500 g/mol. The molecular formula is C30H32N2O5. The van der Waals surface area contributed by atoms with Gasteiger partial charge in [-0.25, -0.2) is 0 Å². The normalized spacial score (nSPS) is 17.8. The van der Waals surface area contributed by atoms with Crippen LogP contribution >= 0.6 is 0 Å². The van der Waals surface area contributed by atoms with E-state index in [4.69, 9.17) is 9.47 Å². The minimum Gasteiger partial charge on any atom is -0.504 e. The summed E-state index contributed by atoms with van der Waals surface area (Å²) in [4.78, 5) is 28.3. The lowest BCUT2D eigenvalue weighted by molar-refractivity contribution is 0.0668. The van der Waals surface area contributed by atoms with Crippen molar-refractivity contribution in [3.8, 4) is 28.4 Å². The molecule has 7 heteroatoms. The van der Waals surface area contributed by atoms with E-state index < -0.39 is 0 Å². The fourth-order valence-corrected chi connectivity index (χ4v) is 5.41. The van der Waals surface area contributed by atoms with Crippen LogP contribution in [0.25, 0.3) is 11.1 Å². The van der Waals surface area contributed by atoms with Crippen molar-refractivity contribution in [1.29, 1.82) is 0 Å². The third-order valence-corrected chi connectivity index (χ3v) is 7.83. The van der Waals surface area contributed by atoms with Gasteiger partial charge in [-0.15, -0.1) is 0 Å². The Kier molecular flexibility index (Phi) is 6.54. The minimum absolute atomic E-state index is 0.00487. The van der Waals surface area contributed by atoms with E-state index in [9.17, 15) is 14.7 Å². The molecule has 5 rings (SSSR count). The lowest BCUT2D eigenvalue weighted by Crippen LogP contribution is -2.41. The maximum atomic E-state index is 13.5. The summed E-state index contributed by atoms with van der Waals surface area (Å²) in [6, 6.07) is 19.2. The highest BCUT2D eigenvalue weighted by atomic mass is 16.5. The van der Waals surface area contributed by atoms with Gasteiger partial charge in [0.15, 0.2) is 11.5 Å². The third kappa shape index (κ3) is 4.61. The summed E-state index contributed by atoms with van der Waals surface area (Å²) < 4.78 is 10.4. The molecule has 2 amide bonds. The number of phenolic OH excluding ortho intramolecular Hbond substituents is 1. The molecule has 7 nitrogen and oxygen atoms in total. The minimum atomic E-state index is -0.342. The Morgan fingerprint density at radius 3 is 2.32 bits per heavy atom. The number of nitrogens with zero attached hydrogens (tertiary/aromatic N) is 1. The van der Waals surface area contributed by atoms with E-state index in [-0.39, 0.29) is 40.3 Å². The molecule has 1 saturated carbocycles. The van der Waals surface area contributed by atoms with Crippen LogP contribution in [-0.2, 0) is 0 Å². The third-order valence-electron chi connectivity index (χ3n) is 7.83. The van der Waals surface area contributed by atoms with E-state index in [0.29, 0.717) is 24.4 Å². The predicted molar refractivity (Wildman–Crippen MR) is 141 cm³/mol. The van der Waals surface area contributed by atoms with Gasteiger partial charge in [0.05, 0.1) is 19.8 Å². The van der Waals surface area contributed by atoms with E-state index in [1.165, 1.54) is 25.8 Å². The topological polar surface area (TPSA) is 88.1 Å². The Morgan fingerprint density at radius 2 is 1.65 bits per heavy atom. The largest absolute Gasteiger partial charge is 0.504 e. The van der Waals surface area contributed by atoms with Gasteiger partial charge in [-0.05, 0) is 60.9 Å². The van der Waals surface area contributed by atoms with E-state index in [0.717, 1.165) is 30.4 Å². The molecule has 2 aliphatic rings. The van der Waals surface area contributed by atoms with Gasteiger partial charge in [-0.2, -0.15) is 0 Å². The maximum absolute atomic E-state index is 13.5. The van der Waals surface area contributed by atoms with Crippen LogP contribution in [0.5, 0.6) is 17.2 Å². The molecule has 192 valence electrons. The number of hydrogen-bond acceptors (Lipinski definition) is 5. The van der Waals surface area contributed by atoms with Crippen LogP contribution in [0.15, 0.2) is 60.7 Å². The van der Waals surface area contributed by atoms with Gasteiger partial charge in [0, 0.05) is 24.7 Å². The van der Waals surface area contributed by atoms with Crippen LogP contribution in [0.2, 0.25) is 0 Å². The standard InChI is InChI=1S/C30H32N2O5/c1-19-8-10-20(11-9-19)21-6-4-5-7-22(21)29(35)32-16-14-30(15-17-32)18-25(30)31-28(34)23-12-13-24(36-2)27(37-3)26(23)33/h4-13,25,33H,14-18H2,1-3H3,(H,31,34). The van der Waals surface area contributed by atoms with Crippen molar-refractivity contribution in [2.75, 3.05) is 27.3 Å². The Balaban J connectivity index is 1.23. The fraction of sp³-hybridized carbons (Fsp3) is 0.333. The van der Waals surface area contributed by atoms with Crippen molar-refractivity contribution in [3.05, 3.63) is 77.4 Å². The Hall–Kier alpha value is -4.00. The highest BCUT2D eigenvalue weighted by Crippen LogP contribution is 2.54. The van der Waals surface area contributed by atoms with Crippen molar-refractivity contribution in [2.45, 2.75) is 32.2 Å². The molecule has 2 N–H and O–H groups in total. The van der Waals surface area contributed by atoms with Crippen LogP contribution < -0.4 is 14.8 Å². The summed E-state index contributed by atoms with van der Waals surface area (Å²) in [7, 11) is 2.90. The molecule has 1 aliphatic heterocycles. The number of rotatable bonds is 6. The van der Waals surface area contributed by atoms with Gasteiger partial charge in [0.2, 0.25) is 5.75 Å². The molecule has 2 fully saturated rings. The lowest BCUT2D eigenvalue weighted by atomic mass is 9.91. The van der Waals surface area contributed by atoms with Crippen molar-refractivity contribution in [3.63, 3.8) is 0 Å². The molecule has 3 aromatic carbocycles. The first kappa shape index (κ1) is 24.7. The Labute approximate surface area is 217 Å². The number of likely N-dealkylation sites (tertiary alicyclic amines) is 1. The first-order valence-corrected chi connectivity index (χ1v) is 12.6. The quantitative estimate of drug-likeness (QED) is 0.507. The summed E-state index contributed by atoms with van der Waals surface area (Å²) in [5.41, 5.74) is 4.02. The number of carbonyl (C=O) groups excluding carboxylic acids is 2. The summed E-state index contributed by atoms with van der Waals surface area (Å²) in [5, 5.41) is 13.6. The zero-order valence-electron chi connectivity index (χ0n) is 21.4. The molecule has 1 spiro atoms. The van der Waals surface area contributed by atoms with Crippen LogP contribution in [-0.4, -0.2) is 55.2 Å². The molecule has 0 bridgehead atoms. The van der Waals surface area contributed by atoms with Gasteiger partial charge in [0.25, 0.3) is 11.8 Å². The number of phenols is 1. The van der Waals surface area contributed by atoms with Gasteiger partial charge < -0.3 is 24.8 Å². The number of aryl methyl sites for hydroxylation is 1. The summed E-state index contributed by atoms with van der Waals surface area (Å²) in [6.45, 7) is 3.35. The SMILES string of the molecule is COc1ccc(C(=O)NC2CC23CCN(C(=O)c2ccccc2-c2ccc(C)cc2)CC3)c(O)c1OC. The second-order valence-corrected chi connectivity index (χ2v) is 9.99. The van der Waals surface area contributed by atoms with Gasteiger partial charge in [-0.3, -0.25) is 9.59 Å². The Morgan fingerprint density at radius 1 is 0.946 bits per heavy atom. The van der Waals surface area contributed by atoms with Crippen molar-refractivity contribution in [1.82, 2.24) is 10.2 Å². The number of nitrogens with one attached hydrogen (secondary N) is 1. The number of methoxy groups -OCH3 is 2. The predicted octanol–water partition coefficient (Wildman–Crippen LogP) is 4.81. The smallest absolute Gasteiger partial charge is 0.255 e. The maximum Gasteiger partial charge on any atom is 0.255 e. The average molecular weight is 501 g/mol. The van der Waals surface area contributed by atoms with Gasteiger partial charge >= 0.3 is 0 Å². The zero-order chi connectivity index (χ0) is 26.2. The van der Waals surface area contributed by atoms with Crippen molar-refractivity contribution >= 4 is 11.8 Å². The van der Waals surface area contributed by atoms with Crippen molar-refractivity contribution < 1.29 is 24.2 Å². The van der Waals surface area contributed by atoms with E-state index in [1.54, 1.807) is 6.07 Å². The number of hydrogen-bond donors (Lipinski definition) is 2. The highest BCUT2D eigenvalue weighted by molar-refractivity contribution is 6.01. The van der Waals surface area contributed by atoms with Gasteiger partial charge in [-0.1, -0.05) is 48.0 Å². The molecule has 1 unspecified atom stereocenters. The highest BCUT2D eigenvalue weighted by Gasteiger charge is 2.56. The molecule has 0 radical (unpaired) electrons. The second kappa shape index (κ2) is 9.81. The zero-order valence-corrected chi connectivity index (χ0v) is 21.4. The molecule has 3 aromatic rings. The van der Waals surface area contributed by atoms with Gasteiger partial charge in [0.1, 0.15) is 0 Å². The van der Waals surface area contributed by atoms with Crippen LogP contribution in [0.1, 0.15) is 45.5 Å². The number of piperidine rings is 1. The molecule has 1 atom stereocenters. The average Bonchev–Trinajstić information content (AvgIpc) is 3.58. The lowest BCUT2D eigenvalue weighted by Gasteiger charge is -2.33. The first-order chi connectivity index (χ1) is 17.9. The summed E-state index contributed by atoms with van der Waals surface area (Å²) in [5.74, 6) is -0.0334. The molecule has 0 aromatic heterocycles. The molecule has 1 heterocycles. The van der Waals surface area contributed by atoms with Crippen molar-refractivity contribution in [2.24, 2.45) is 5.41 Å². The molecular weight excluding hydrogens is 468 g/mol. The Bertz CT molecular complexity index is 1330. The fourth-order valence-electron chi connectivity index (χ4n) is 5.41. The summed E-state index contributed by atoms with van der Waals surface area (Å²) in [6.07, 6.45) is 2.53. The number of benzene rings is 3. The molecule has 1 aliphatic carbocycles. The number of carbonyl (C=O) groups is 2. The number of ether oxygens (including phenoxy) is 2. The number of amides is 2. The van der Waals surface area contributed by atoms with Crippen LogP contribution in [0.3, 0.4) is 0 Å². The van der Waals surface area contributed by atoms with Crippen LogP contribution in [0.4, 0.5) is 0 Å². The summed E-state index contributed by atoms with van der Waals surface area (Å²) >= 11 is 0.